The number of aromatic amines is 1. The van der Waals surface area contributed by atoms with Crippen LogP contribution in [0.3, 0.4) is 0 Å². The Morgan fingerprint density at radius 1 is 1.54 bits per heavy atom. The molecule has 5 heteroatoms. The van der Waals surface area contributed by atoms with Crippen molar-refractivity contribution >= 4 is 6.16 Å². The Hall–Kier alpha value is -1.52. The molecule has 0 aliphatic heterocycles. The summed E-state index contributed by atoms with van der Waals surface area (Å²) in [5.41, 5.74) is -0.578. The fraction of sp³-hybridized carbons (Fsp3) is 0.500. The van der Waals surface area contributed by atoms with Crippen molar-refractivity contribution in [2.75, 3.05) is 0 Å². The molecule has 1 rings (SSSR count). The number of hydrogen-bond acceptors (Lipinski definition) is 3. The molecule has 0 aliphatic rings. The van der Waals surface area contributed by atoms with Gasteiger partial charge in [0.15, 0.2) is 0 Å². The van der Waals surface area contributed by atoms with Gasteiger partial charge >= 0.3 is 6.16 Å². The summed E-state index contributed by atoms with van der Waals surface area (Å²) in [5.74, 6) is 0. The van der Waals surface area contributed by atoms with Crippen LogP contribution in [0.2, 0.25) is 0 Å². The SMILES string of the molecule is CC(C)(C)OC(=O)O.c1c[nH]cn1. The summed E-state index contributed by atoms with van der Waals surface area (Å²) in [4.78, 5) is 16.2. The van der Waals surface area contributed by atoms with E-state index in [1.807, 2.05) is 0 Å². The van der Waals surface area contributed by atoms with Crippen LogP contribution in [-0.4, -0.2) is 26.8 Å². The van der Waals surface area contributed by atoms with Crippen LogP contribution >= 0.6 is 0 Å². The molecular formula is C8H14N2O3. The highest BCUT2D eigenvalue weighted by molar-refractivity contribution is 5.57. The second-order valence-corrected chi connectivity index (χ2v) is 3.24. The largest absolute Gasteiger partial charge is 0.506 e. The second-order valence-electron chi connectivity index (χ2n) is 3.24. The minimum Gasteiger partial charge on any atom is -0.450 e. The lowest BCUT2D eigenvalue weighted by Gasteiger charge is -2.15. The maximum absolute atomic E-state index is 9.79. The second kappa shape index (κ2) is 5.18. The van der Waals surface area contributed by atoms with Gasteiger partial charge in [0.1, 0.15) is 5.60 Å². The third kappa shape index (κ3) is 10.5. The van der Waals surface area contributed by atoms with Crippen molar-refractivity contribution in [3.05, 3.63) is 18.7 Å². The van der Waals surface area contributed by atoms with Crippen LogP contribution in [0.25, 0.3) is 0 Å². The van der Waals surface area contributed by atoms with Gasteiger partial charge in [0, 0.05) is 12.4 Å². The summed E-state index contributed by atoms with van der Waals surface area (Å²) in [6, 6.07) is 0. The van der Waals surface area contributed by atoms with E-state index in [-0.39, 0.29) is 0 Å². The van der Waals surface area contributed by atoms with Gasteiger partial charge in [-0.2, -0.15) is 0 Å². The molecule has 74 valence electrons. The van der Waals surface area contributed by atoms with Crippen molar-refractivity contribution in [3.8, 4) is 0 Å². The molecule has 5 nitrogen and oxygen atoms in total. The normalized spacial score (nSPS) is 9.77. The maximum atomic E-state index is 9.79. The fourth-order valence-electron chi connectivity index (χ4n) is 0.477. The lowest BCUT2D eigenvalue weighted by molar-refractivity contribution is 0.0150. The highest BCUT2D eigenvalue weighted by atomic mass is 16.7. The van der Waals surface area contributed by atoms with E-state index < -0.39 is 11.8 Å². The molecule has 0 amide bonds. The monoisotopic (exact) mass is 186 g/mol. The summed E-state index contributed by atoms with van der Waals surface area (Å²) in [7, 11) is 0. The molecular weight excluding hydrogens is 172 g/mol. The van der Waals surface area contributed by atoms with E-state index in [1.165, 1.54) is 0 Å². The van der Waals surface area contributed by atoms with Gasteiger partial charge in [-0.1, -0.05) is 0 Å². The van der Waals surface area contributed by atoms with Crippen LogP contribution in [-0.2, 0) is 4.74 Å². The van der Waals surface area contributed by atoms with Crippen LogP contribution in [0.1, 0.15) is 20.8 Å². The van der Waals surface area contributed by atoms with Crippen LogP contribution in [0.15, 0.2) is 18.7 Å². The summed E-state index contributed by atoms with van der Waals surface area (Å²) in [6.45, 7) is 5.04. The third-order valence-corrected chi connectivity index (χ3v) is 0.799. The van der Waals surface area contributed by atoms with Crippen molar-refractivity contribution in [2.24, 2.45) is 0 Å². The number of nitrogens with zero attached hydrogens (tertiary/aromatic N) is 1. The molecule has 2 N–H and O–H groups in total. The molecule has 0 fully saturated rings. The average Bonchev–Trinajstić information content (AvgIpc) is 2.33. The Labute approximate surface area is 76.8 Å². The first-order valence-electron chi connectivity index (χ1n) is 3.76. The van der Waals surface area contributed by atoms with Gasteiger partial charge < -0.3 is 14.8 Å². The van der Waals surface area contributed by atoms with Crippen molar-refractivity contribution in [1.82, 2.24) is 9.97 Å². The molecule has 0 unspecified atom stereocenters. The molecule has 0 saturated heterocycles. The van der Waals surface area contributed by atoms with Crippen molar-refractivity contribution in [1.29, 1.82) is 0 Å². The number of ether oxygens (including phenoxy) is 1. The Morgan fingerprint density at radius 2 is 2.15 bits per heavy atom. The Bertz CT molecular complexity index is 209. The van der Waals surface area contributed by atoms with Gasteiger partial charge in [0.25, 0.3) is 0 Å². The van der Waals surface area contributed by atoms with E-state index in [0.29, 0.717) is 0 Å². The molecule has 1 heterocycles. The number of nitrogens with one attached hydrogen (secondary N) is 1. The summed E-state index contributed by atoms with van der Waals surface area (Å²) >= 11 is 0. The molecule has 1 aromatic rings. The predicted octanol–water partition coefficient (Wildman–Crippen LogP) is 1.89. The minimum atomic E-state index is -1.22. The highest BCUT2D eigenvalue weighted by Crippen LogP contribution is 2.05. The van der Waals surface area contributed by atoms with Crippen molar-refractivity contribution < 1.29 is 14.6 Å². The smallest absolute Gasteiger partial charge is 0.450 e. The highest BCUT2D eigenvalue weighted by Gasteiger charge is 2.13. The molecule has 1 aromatic heterocycles. The minimum absolute atomic E-state index is 0.578. The summed E-state index contributed by atoms with van der Waals surface area (Å²) in [6.07, 6.45) is 3.86. The van der Waals surface area contributed by atoms with Crippen molar-refractivity contribution in [2.45, 2.75) is 26.4 Å². The predicted molar refractivity (Wildman–Crippen MR) is 47.5 cm³/mol. The number of rotatable bonds is 0. The van der Waals surface area contributed by atoms with E-state index in [4.69, 9.17) is 5.11 Å². The molecule has 0 aromatic carbocycles. The molecule has 13 heavy (non-hydrogen) atoms. The van der Waals surface area contributed by atoms with Crippen LogP contribution in [0, 0.1) is 0 Å². The number of aromatic nitrogens is 2. The van der Waals surface area contributed by atoms with E-state index in [0.717, 1.165) is 0 Å². The zero-order valence-corrected chi connectivity index (χ0v) is 7.94. The van der Waals surface area contributed by atoms with Gasteiger partial charge in [-0.3, -0.25) is 0 Å². The lowest BCUT2D eigenvalue weighted by atomic mass is 10.2. The summed E-state index contributed by atoms with van der Waals surface area (Å²) in [5, 5.41) is 8.03. The number of H-pyrrole nitrogens is 1. The van der Waals surface area contributed by atoms with E-state index in [9.17, 15) is 4.79 Å². The third-order valence-electron chi connectivity index (χ3n) is 0.799. The Balaban J connectivity index is 0.000000243. The molecule has 0 spiro atoms. The number of hydrogen-bond donors (Lipinski definition) is 2. The van der Waals surface area contributed by atoms with Crippen LogP contribution < -0.4 is 0 Å². The zero-order chi connectivity index (χ0) is 10.3. The molecule has 0 atom stereocenters. The van der Waals surface area contributed by atoms with E-state index in [2.05, 4.69) is 14.7 Å². The van der Waals surface area contributed by atoms with Gasteiger partial charge in [0.2, 0.25) is 0 Å². The van der Waals surface area contributed by atoms with Gasteiger partial charge in [-0.15, -0.1) is 0 Å². The first kappa shape index (κ1) is 11.5. The lowest BCUT2D eigenvalue weighted by Crippen LogP contribution is -2.22. The molecule has 0 radical (unpaired) electrons. The summed E-state index contributed by atoms with van der Waals surface area (Å²) < 4.78 is 4.35. The first-order valence-corrected chi connectivity index (χ1v) is 3.76. The number of carboxylic acid groups (broad SMARTS) is 1. The van der Waals surface area contributed by atoms with Crippen LogP contribution in [0.5, 0.6) is 0 Å². The van der Waals surface area contributed by atoms with Gasteiger partial charge in [0.05, 0.1) is 6.33 Å². The number of imidazole rings is 1. The standard InChI is InChI=1S/C5H10O3.C3H4N2/c1-5(2,3)8-4(6)7;1-2-5-3-4-1/h1-3H3,(H,6,7);1-3H,(H,4,5). The molecule has 0 saturated carbocycles. The van der Waals surface area contributed by atoms with Crippen LogP contribution in [0.4, 0.5) is 4.79 Å². The van der Waals surface area contributed by atoms with E-state index >= 15 is 0 Å². The Morgan fingerprint density at radius 3 is 2.23 bits per heavy atom. The molecule has 0 bridgehead atoms. The van der Waals surface area contributed by atoms with Crippen molar-refractivity contribution in [3.63, 3.8) is 0 Å². The Kier molecular flexibility index (Phi) is 4.58. The number of carbonyl (C=O) groups is 1. The topological polar surface area (TPSA) is 75.2 Å². The molecule has 0 aliphatic carbocycles. The first-order chi connectivity index (χ1) is 5.92. The van der Waals surface area contributed by atoms with E-state index in [1.54, 1.807) is 39.5 Å². The zero-order valence-electron chi connectivity index (χ0n) is 7.94. The van der Waals surface area contributed by atoms with Gasteiger partial charge in [-0.05, 0) is 20.8 Å². The maximum Gasteiger partial charge on any atom is 0.506 e. The quantitative estimate of drug-likeness (QED) is 0.606. The fourth-order valence-corrected chi connectivity index (χ4v) is 0.477. The average molecular weight is 186 g/mol. The van der Waals surface area contributed by atoms with Gasteiger partial charge in [-0.25, -0.2) is 9.78 Å².